The molecule has 1 heterocycles. The van der Waals surface area contributed by atoms with Gasteiger partial charge in [-0.3, -0.25) is 20.2 Å². The first-order valence-corrected chi connectivity index (χ1v) is 13.6. The second-order valence-electron chi connectivity index (χ2n) is 10.3. The van der Waals surface area contributed by atoms with Crippen molar-refractivity contribution in [1.29, 1.82) is 5.26 Å². The number of amides is 4. The molecule has 12 nitrogen and oxygen atoms in total. The minimum Gasteiger partial charge on any atom is -0.355 e. The fourth-order valence-corrected chi connectivity index (χ4v) is 4.57. The van der Waals surface area contributed by atoms with Crippen molar-refractivity contribution < 1.29 is 37.5 Å². The molecule has 4 amide bonds. The SMILES string of the molecule is CC(C)N(C=O)c1cc(F)c(NC(=O)N2CCOC(N(O)Nc3ccc(C#N)c(Cl)c3)C2)cc1C(=O)NCC1CC1(F)F. The fourth-order valence-electron chi connectivity index (χ4n) is 4.35. The van der Waals surface area contributed by atoms with Gasteiger partial charge in [-0.15, -0.1) is 0 Å². The summed E-state index contributed by atoms with van der Waals surface area (Å²) in [5.41, 5.74) is 2.51. The van der Waals surface area contributed by atoms with Gasteiger partial charge in [0.2, 0.25) is 6.41 Å². The van der Waals surface area contributed by atoms with E-state index in [2.05, 4.69) is 16.1 Å². The van der Waals surface area contributed by atoms with Crippen LogP contribution in [0.15, 0.2) is 30.3 Å². The standard InChI is InChI=1S/C27H29ClF3N7O5/c1-15(2)37(14-39)23-9-21(29)22(8-19(23)25(40)33-12-17-10-27(17,30)31)34-26(41)36-5-6-43-24(13-36)38(42)35-18-4-3-16(11-32)20(28)7-18/h3-4,7-9,14-15,17,24,35,42H,5-6,10,12-13H2,1-2H3,(H,33,40)(H,34,41). The number of hydroxylamine groups is 1. The molecule has 2 unspecified atom stereocenters. The molecule has 0 radical (unpaired) electrons. The maximum Gasteiger partial charge on any atom is 0.322 e. The van der Waals surface area contributed by atoms with E-state index in [1.54, 1.807) is 13.8 Å². The number of urea groups is 1. The highest BCUT2D eigenvalue weighted by atomic mass is 35.5. The largest absolute Gasteiger partial charge is 0.355 e. The highest BCUT2D eigenvalue weighted by molar-refractivity contribution is 6.32. The summed E-state index contributed by atoms with van der Waals surface area (Å²) in [5, 5.41) is 25.1. The van der Waals surface area contributed by atoms with E-state index in [9.17, 15) is 28.4 Å². The fraction of sp³-hybridized carbons (Fsp3) is 0.407. The second kappa shape index (κ2) is 13.0. The van der Waals surface area contributed by atoms with Crippen molar-refractivity contribution >= 4 is 47.0 Å². The van der Waals surface area contributed by atoms with Crippen molar-refractivity contribution in [3.05, 3.63) is 52.3 Å². The van der Waals surface area contributed by atoms with E-state index in [0.717, 1.165) is 17.0 Å². The van der Waals surface area contributed by atoms with Crippen LogP contribution in [0.2, 0.25) is 5.02 Å². The Balaban J connectivity index is 1.48. The summed E-state index contributed by atoms with van der Waals surface area (Å²) in [6, 6.07) is 6.97. The van der Waals surface area contributed by atoms with E-state index in [1.165, 1.54) is 23.1 Å². The van der Waals surface area contributed by atoms with Gasteiger partial charge in [0.25, 0.3) is 11.8 Å². The van der Waals surface area contributed by atoms with Crippen LogP contribution < -0.4 is 21.0 Å². The molecule has 16 heteroatoms. The molecule has 2 aliphatic rings. The predicted octanol–water partition coefficient (Wildman–Crippen LogP) is 4.02. The van der Waals surface area contributed by atoms with Gasteiger partial charge in [0.15, 0.2) is 6.23 Å². The smallest absolute Gasteiger partial charge is 0.322 e. The first-order valence-electron chi connectivity index (χ1n) is 13.2. The van der Waals surface area contributed by atoms with E-state index in [1.807, 2.05) is 6.07 Å². The summed E-state index contributed by atoms with van der Waals surface area (Å²) >= 11 is 6.02. The maximum absolute atomic E-state index is 15.2. The zero-order valence-corrected chi connectivity index (χ0v) is 23.9. The lowest BCUT2D eigenvalue weighted by atomic mass is 10.1. The van der Waals surface area contributed by atoms with Crippen LogP contribution in [0.4, 0.5) is 35.0 Å². The molecule has 2 aromatic carbocycles. The highest BCUT2D eigenvalue weighted by Crippen LogP contribution is 2.48. The molecular formula is C27H29ClF3N7O5. The molecule has 1 saturated heterocycles. The summed E-state index contributed by atoms with van der Waals surface area (Å²) in [4.78, 5) is 40.2. The third-order valence-corrected chi connectivity index (χ3v) is 7.24. The molecule has 2 atom stereocenters. The zero-order valence-electron chi connectivity index (χ0n) is 23.1. The Morgan fingerprint density at radius 2 is 2.05 bits per heavy atom. The molecule has 230 valence electrons. The van der Waals surface area contributed by atoms with Gasteiger partial charge in [-0.2, -0.15) is 5.26 Å². The summed E-state index contributed by atoms with van der Waals surface area (Å²) in [6.07, 6.45) is -1.01. The molecule has 2 aromatic rings. The van der Waals surface area contributed by atoms with E-state index >= 15 is 4.39 Å². The summed E-state index contributed by atoms with van der Waals surface area (Å²) in [7, 11) is 0. The number of halogens is 4. The normalized spacial score (nSPS) is 19.0. The quantitative estimate of drug-likeness (QED) is 0.229. The minimum absolute atomic E-state index is 0.00845. The van der Waals surface area contributed by atoms with Crippen molar-refractivity contribution in [1.82, 2.24) is 15.4 Å². The summed E-state index contributed by atoms with van der Waals surface area (Å²) in [6.45, 7) is 2.87. The number of alkyl halides is 2. The molecule has 2 fully saturated rings. The van der Waals surface area contributed by atoms with Crippen LogP contribution in [-0.4, -0.2) is 78.1 Å². The second-order valence-corrected chi connectivity index (χ2v) is 10.7. The first kappa shape index (κ1) is 31.8. The van der Waals surface area contributed by atoms with Gasteiger partial charge in [0.05, 0.1) is 46.4 Å². The van der Waals surface area contributed by atoms with Crippen LogP contribution in [0.1, 0.15) is 36.2 Å². The molecule has 1 aliphatic heterocycles. The van der Waals surface area contributed by atoms with Crippen LogP contribution in [0, 0.1) is 23.1 Å². The average Bonchev–Trinajstić information content (AvgIpc) is 3.59. The van der Waals surface area contributed by atoms with Gasteiger partial charge in [-0.25, -0.2) is 18.0 Å². The number of morpholine rings is 1. The monoisotopic (exact) mass is 623 g/mol. The predicted molar refractivity (Wildman–Crippen MR) is 149 cm³/mol. The lowest BCUT2D eigenvalue weighted by molar-refractivity contribution is -0.217. The Bertz CT molecular complexity index is 1440. The maximum atomic E-state index is 15.2. The number of nitrogens with zero attached hydrogens (tertiary/aromatic N) is 4. The van der Waals surface area contributed by atoms with Crippen LogP contribution in [0.3, 0.4) is 0 Å². The van der Waals surface area contributed by atoms with Crippen LogP contribution in [0.5, 0.6) is 0 Å². The lowest BCUT2D eigenvalue weighted by Crippen LogP contribution is -2.54. The molecule has 4 rings (SSSR count). The molecular weight excluding hydrogens is 595 g/mol. The summed E-state index contributed by atoms with van der Waals surface area (Å²) < 4.78 is 47.4. The molecule has 0 spiro atoms. The van der Waals surface area contributed by atoms with Gasteiger partial charge in [0, 0.05) is 37.5 Å². The minimum atomic E-state index is -2.87. The average molecular weight is 624 g/mol. The Hall–Kier alpha value is -4.10. The van der Waals surface area contributed by atoms with Crippen LogP contribution in [-0.2, 0) is 9.53 Å². The number of rotatable bonds is 10. The molecule has 1 saturated carbocycles. The van der Waals surface area contributed by atoms with Gasteiger partial charge < -0.3 is 25.2 Å². The van der Waals surface area contributed by atoms with Crippen molar-refractivity contribution in [2.24, 2.45) is 5.92 Å². The number of benzene rings is 2. The third-order valence-electron chi connectivity index (χ3n) is 6.93. The number of nitriles is 1. The molecule has 0 aromatic heterocycles. The molecule has 4 N–H and O–H groups in total. The van der Waals surface area contributed by atoms with Crippen LogP contribution >= 0.6 is 11.6 Å². The van der Waals surface area contributed by atoms with Gasteiger partial charge in [-0.05, 0) is 38.1 Å². The summed E-state index contributed by atoms with van der Waals surface area (Å²) in [5.74, 6) is -5.66. The number of anilines is 3. The van der Waals surface area contributed by atoms with E-state index in [-0.39, 0.29) is 60.2 Å². The lowest BCUT2D eigenvalue weighted by Gasteiger charge is -2.36. The van der Waals surface area contributed by atoms with E-state index in [4.69, 9.17) is 21.6 Å². The Kier molecular flexibility index (Phi) is 9.65. The number of nitrogens with one attached hydrogen (secondary N) is 3. The Morgan fingerprint density at radius 3 is 2.65 bits per heavy atom. The Labute approximate surface area is 249 Å². The van der Waals surface area contributed by atoms with Crippen molar-refractivity contribution in [3.63, 3.8) is 0 Å². The van der Waals surface area contributed by atoms with Gasteiger partial charge >= 0.3 is 6.03 Å². The van der Waals surface area contributed by atoms with Gasteiger partial charge in [-0.1, -0.05) is 16.8 Å². The van der Waals surface area contributed by atoms with Crippen molar-refractivity contribution in [2.75, 3.05) is 41.9 Å². The van der Waals surface area contributed by atoms with Gasteiger partial charge in [0.1, 0.15) is 11.9 Å². The Morgan fingerprint density at radius 1 is 1.33 bits per heavy atom. The number of hydrogen-bond acceptors (Lipinski definition) is 8. The number of ether oxygens (including phenoxy) is 1. The number of hydrogen-bond donors (Lipinski definition) is 4. The highest BCUT2D eigenvalue weighted by Gasteiger charge is 2.56. The topological polar surface area (TPSA) is 150 Å². The van der Waals surface area contributed by atoms with E-state index in [0.29, 0.717) is 17.3 Å². The number of carbonyl (C=O) groups excluding carboxylic acids is 3. The zero-order chi connectivity index (χ0) is 31.5. The molecule has 0 bridgehead atoms. The molecule has 1 aliphatic carbocycles. The van der Waals surface area contributed by atoms with Crippen molar-refractivity contribution in [2.45, 2.75) is 38.5 Å². The first-order chi connectivity index (χ1) is 20.3. The number of hydrazine groups is 1. The third kappa shape index (κ3) is 7.46. The van der Waals surface area contributed by atoms with Crippen molar-refractivity contribution in [3.8, 4) is 6.07 Å². The van der Waals surface area contributed by atoms with Crippen LogP contribution in [0.25, 0.3) is 0 Å². The number of carbonyl (C=O) groups is 3. The van der Waals surface area contributed by atoms with E-state index < -0.39 is 41.9 Å². The molecule has 43 heavy (non-hydrogen) atoms.